The van der Waals surface area contributed by atoms with Gasteiger partial charge in [0.15, 0.2) is 0 Å². The van der Waals surface area contributed by atoms with Crippen LogP contribution >= 0.6 is 12.2 Å². The van der Waals surface area contributed by atoms with Crippen LogP contribution in [0, 0.1) is 11.8 Å². The number of thiocarbonyl (C=S) groups is 1. The number of rotatable bonds is 0. The van der Waals surface area contributed by atoms with E-state index in [1.54, 1.807) is 6.92 Å². The molecule has 0 N–H and O–H groups in total. The van der Waals surface area contributed by atoms with Gasteiger partial charge in [0.25, 0.3) is 0 Å². The third kappa shape index (κ3) is 3.65. The average Bonchev–Trinajstić information content (AvgIpc) is 1.41. The summed E-state index contributed by atoms with van der Waals surface area (Å²) in [5.41, 5.74) is 0. The fraction of sp³-hybridized carbons (Fsp3) is 0.250. The molecule has 0 radical (unpaired) electrons. The van der Waals surface area contributed by atoms with Crippen LogP contribution in [0.25, 0.3) is 0 Å². The van der Waals surface area contributed by atoms with E-state index in [4.69, 9.17) is 0 Å². The highest BCUT2D eigenvalue weighted by molar-refractivity contribution is 7.79. The fourth-order valence-corrected chi connectivity index (χ4v) is 0.177. The van der Waals surface area contributed by atoms with E-state index in [2.05, 4.69) is 24.1 Å². The highest BCUT2D eigenvalue weighted by Gasteiger charge is 1.39. The molecule has 0 fully saturated rings. The van der Waals surface area contributed by atoms with Gasteiger partial charge in [-0.15, -0.1) is 5.92 Å². The molecule has 26 valence electrons. The highest BCUT2D eigenvalue weighted by atomic mass is 32.1. The summed E-state index contributed by atoms with van der Waals surface area (Å²) in [7, 11) is 0. The molecule has 0 aromatic heterocycles. The third-order valence-corrected chi connectivity index (χ3v) is 0.321. The van der Waals surface area contributed by atoms with Gasteiger partial charge < -0.3 is 0 Å². The Bertz CT molecular complexity index is 73.4. The molecule has 0 atom stereocenters. The predicted octanol–water partition coefficient (Wildman–Crippen LogP) is 1.01. The van der Waals surface area contributed by atoms with E-state index in [0.717, 1.165) is 0 Å². The van der Waals surface area contributed by atoms with Gasteiger partial charge in [0, 0.05) is 0 Å². The molecular formula is C4H4S. The lowest BCUT2D eigenvalue weighted by molar-refractivity contribution is 1.93. The largest absolute Gasteiger partial charge is 0.101 e. The molecular weight excluding hydrogens is 80.1 g/mol. The highest BCUT2D eigenvalue weighted by Crippen LogP contribution is 1.44. The van der Waals surface area contributed by atoms with E-state index >= 15 is 0 Å². The van der Waals surface area contributed by atoms with Crippen LogP contribution in [-0.4, -0.2) is 5.37 Å². The Morgan fingerprint density at radius 3 is 2.40 bits per heavy atom. The second-order valence-electron chi connectivity index (χ2n) is 0.512. The molecule has 0 aliphatic heterocycles. The van der Waals surface area contributed by atoms with E-state index < -0.39 is 0 Å². The summed E-state index contributed by atoms with van der Waals surface area (Å²) < 4.78 is 0. The zero-order valence-electron chi connectivity index (χ0n) is 2.99. The molecule has 0 aromatic rings. The van der Waals surface area contributed by atoms with Crippen LogP contribution in [0.4, 0.5) is 0 Å². The Morgan fingerprint density at radius 2 is 2.40 bits per heavy atom. The van der Waals surface area contributed by atoms with Gasteiger partial charge in [-0.1, -0.05) is 18.1 Å². The van der Waals surface area contributed by atoms with Crippen LogP contribution in [0.15, 0.2) is 0 Å². The lowest BCUT2D eigenvalue weighted by atomic mass is 10.7. The predicted molar refractivity (Wildman–Crippen MR) is 27.1 cm³/mol. The van der Waals surface area contributed by atoms with E-state index in [1.807, 2.05) is 0 Å². The normalized spacial score (nSPS) is 4.20. The lowest BCUT2D eigenvalue weighted by Crippen LogP contribution is -1.46. The SMILES string of the molecule is CC#CC=S. The summed E-state index contributed by atoms with van der Waals surface area (Å²) in [5, 5.41) is 1.40. The van der Waals surface area contributed by atoms with Crippen LogP contribution < -0.4 is 0 Å². The minimum atomic E-state index is 1.40. The quantitative estimate of drug-likeness (QED) is 0.312. The van der Waals surface area contributed by atoms with Crippen molar-refractivity contribution >= 4 is 17.6 Å². The van der Waals surface area contributed by atoms with Gasteiger partial charge in [-0.05, 0) is 6.92 Å². The molecule has 1 heteroatoms. The van der Waals surface area contributed by atoms with E-state index in [-0.39, 0.29) is 0 Å². The first kappa shape index (κ1) is 4.65. The van der Waals surface area contributed by atoms with Crippen molar-refractivity contribution in [1.82, 2.24) is 0 Å². The molecule has 0 aliphatic carbocycles. The average molecular weight is 84.1 g/mol. The zero-order chi connectivity index (χ0) is 4.12. The zero-order valence-corrected chi connectivity index (χ0v) is 3.80. The summed E-state index contributed by atoms with van der Waals surface area (Å²) in [4.78, 5) is 0. The van der Waals surface area contributed by atoms with Crippen LogP contribution in [0.5, 0.6) is 0 Å². The standard InChI is InChI=1S/C4H4S/c1-2-3-4-5/h4H,1H3. The molecule has 0 amide bonds. The van der Waals surface area contributed by atoms with Gasteiger partial charge in [-0.25, -0.2) is 0 Å². The molecule has 0 nitrogen and oxygen atoms in total. The molecule has 0 aromatic carbocycles. The van der Waals surface area contributed by atoms with Crippen LogP contribution in [0.1, 0.15) is 6.92 Å². The van der Waals surface area contributed by atoms with Crippen molar-refractivity contribution in [2.45, 2.75) is 6.92 Å². The van der Waals surface area contributed by atoms with Crippen molar-refractivity contribution in [1.29, 1.82) is 0 Å². The van der Waals surface area contributed by atoms with Crippen molar-refractivity contribution < 1.29 is 0 Å². The summed E-state index contributed by atoms with van der Waals surface area (Å²) in [6, 6.07) is 0. The first-order chi connectivity index (χ1) is 2.41. The summed E-state index contributed by atoms with van der Waals surface area (Å²) in [6.45, 7) is 1.75. The van der Waals surface area contributed by atoms with Crippen molar-refractivity contribution in [3.8, 4) is 11.8 Å². The lowest BCUT2D eigenvalue weighted by Gasteiger charge is -1.45. The van der Waals surface area contributed by atoms with Gasteiger partial charge in [0.05, 0.1) is 5.37 Å². The molecule has 0 rings (SSSR count). The maximum atomic E-state index is 4.35. The Hall–Kier alpha value is -0.350. The van der Waals surface area contributed by atoms with Crippen LogP contribution in [0.2, 0.25) is 0 Å². The third-order valence-electron chi connectivity index (χ3n) is 0.203. The van der Waals surface area contributed by atoms with Gasteiger partial charge in [0.1, 0.15) is 0 Å². The Kier molecular flexibility index (Phi) is 3.39. The van der Waals surface area contributed by atoms with Crippen molar-refractivity contribution in [3.63, 3.8) is 0 Å². The van der Waals surface area contributed by atoms with Gasteiger partial charge in [0.2, 0.25) is 0 Å². The minimum Gasteiger partial charge on any atom is -0.101 e. The summed E-state index contributed by atoms with van der Waals surface area (Å²) >= 11 is 4.35. The number of hydrogen-bond donors (Lipinski definition) is 0. The van der Waals surface area contributed by atoms with Crippen molar-refractivity contribution in [2.24, 2.45) is 0 Å². The maximum absolute atomic E-state index is 4.35. The summed E-state index contributed by atoms with van der Waals surface area (Å²) in [6.07, 6.45) is 0. The Labute approximate surface area is 37.2 Å². The van der Waals surface area contributed by atoms with Crippen LogP contribution in [-0.2, 0) is 0 Å². The second-order valence-corrected chi connectivity index (χ2v) is 0.748. The molecule has 0 spiro atoms. The molecule has 5 heavy (non-hydrogen) atoms. The van der Waals surface area contributed by atoms with E-state index in [9.17, 15) is 0 Å². The second kappa shape index (κ2) is 3.65. The monoisotopic (exact) mass is 84.0 g/mol. The van der Waals surface area contributed by atoms with Crippen LogP contribution in [0.3, 0.4) is 0 Å². The molecule has 0 heterocycles. The first-order valence-corrected chi connectivity index (χ1v) is 1.75. The smallest absolute Gasteiger partial charge is 0.0514 e. The fourth-order valence-electron chi connectivity index (χ4n) is 0.0589. The molecule has 0 saturated heterocycles. The van der Waals surface area contributed by atoms with Gasteiger partial charge >= 0.3 is 0 Å². The Balaban J connectivity index is 3.16. The number of hydrogen-bond acceptors (Lipinski definition) is 1. The maximum Gasteiger partial charge on any atom is 0.0514 e. The topological polar surface area (TPSA) is 0 Å². The van der Waals surface area contributed by atoms with Crippen molar-refractivity contribution in [2.75, 3.05) is 0 Å². The van der Waals surface area contributed by atoms with E-state index in [0.29, 0.717) is 0 Å². The molecule has 0 bridgehead atoms. The first-order valence-electron chi connectivity index (χ1n) is 1.27. The Morgan fingerprint density at radius 1 is 1.80 bits per heavy atom. The molecule has 0 saturated carbocycles. The van der Waals surface area contributed by atoms with Gasteiger partial charge in [-0.2, -0.15) is 0 Å². The molecule has 0 aliphatic rings. The van der Waals surface area contributed by atoms with Crippen molar-refractivity contribution in [3.05, 3.63) is 0 Å². The van der Waals surface area contributed by atoms with Gasteiger partial charge in [-0.3, -0.25) is 0 Å². The summed E-state index contributed by atoms with van der Waals surface area (Å²) in [5.74, 6) is 5.16. The minimum absolute atomic E-state index is 1.40. The van der Waals surface area contributed by atoms with E-state index in [1.165, 1.54) is 5.37 Å². The molecule has 0 unspecified atom stereocenters.